The highest BCUT2D eigenvalue weighted by Gasteiger charge is 2.40. The fraction of sp³-hybridized carbons (Fsp3) is 0.158. The smallest absolute Gasteiger partial charge is 0.434 e. The zero-order valence-electron chi connectivity index (χ0n) is 15.1. The van der Waals surface area contributed by atoms with Crippen molar-refractivity contribution in [1.82, 2.24) is 8.96 Å². The summed E-state index contributed by atoms with van der Waals surface area (Å²) in [6.07, 6.45) is -3.17. The van der Waals surface area contributed by atoms with Gasteiger partial charge in [-0.25, -0.2) is 17.2 Å². The summed E-state index contributed by atoms with van der Waals surface area (Å²) in [5.41, 5.74) is -1.23. The Morgan fingerprint density at radius 1 is 1.14 bits per heavy atom. The molecule has 3 rings (SSSR count). The lowest BCUT2D eigenvalue weighted by atomic mass is 10.1. The van der Waals surface area contributed by atoms with Crippen LogP contribution in [0.4, 0.5) is 13.2 Å². The van der Waals surface area contributed by atoms with E-state index in [9.17, 15) is 26.4 Å². The molecule has 0 bridgehead atoms. The molecule has 0 saturated heterocycles. The number of carbonyl (C=O) groups is 1. The van der Waals surface area contributed by atoms with Crippen LogP contribution in [0.5, 0.6) is 0 Å². The second kappa shape index (κ2) is 7.70. The monoisotopic (exact) mass is 424 g/mol. The van der Waals surface area contributed by atoms with Gasteiger partial charge in [0, 0.05) is 12.4 Å². The van der Waals surface area contributed by atoms with Crippen molar-refractivity contribution in [1.29, 1.82) is 0 Å². The van der Waals surface area contributed by atoms with Crippen LogP contribution in [0.3, 0.4) is 0 Å². The number of pyridine rings is 1. The fourth-order valence-electron chi connectivity index (χ4n) is 2.71. The topological polar surface area (TPSA) is 78.3 Å². The van der Waals surface area contributed by atoms with Crippen LogP contribution in [0.1, 0.15) is 23.0 Å². The molecule has 152 valence electrons. The lowest BCUT2D eigenvalue weighted by Crippen LogP contribution is -2.20. The molecule has 2 heterocycles. The van der Waals surface area contributed by atoms with E-state index >= 15 is 0 Å². The lowest BCUT2D eigenvalue weighted by molar-refractivity contribution is -0.143. The minimum atomic E-state index is -4.98. The van der Waals surface area contributed by atoms with Gasteiger partial charge < -0.3 is 4.74 Å². The van der Waals surface area contributed by atoms with Crippen molar-refractivity contribution < 1.29 is 31.1 Å². The normalized spacial score (nSPS) is 12.0. The quantitative estimate of drug-likeness (QED) is 0.579. The van der Waals surface area contributed by atoms with Gasteiger partial charge >= 0.3 is 12.1 Å². The number of aromatic nitrogens is 2. The third kappa shape index (κ3) is 4.02. The van der Waals surface area contributed by atoms with Crippen molar-refractivity contribution in [2.24, 2.45) is 0 Å². The molecule has 0 spiro atoms. The Balaban J connectivity index is 2.26. The van der Waals surface area contributed by atoms with E-state index in [1.54, 1.807) is 37.3 Å². The van der Waals surface area contributed by atoms with E-state index in [1.165, 1.54) is 6.07 Å². The number of hydrogen-bond donors (Lipinski definition) is 0. The maximum absolute atomic E-state index is 13.3. The van der Waals surface area contributed by atoms with Crippen LogP contribution < -0.4 is 0 Å². The van der Waals surface area contributed by atoms with E-state index in [1.807, 2.05) is 0 Å². The highest BCUT2D eigenvalue weighted by Crippen LogP contribution is 2.35. The summed E-state index contributed by atoms with van der Waals surface area (Å²) < 4.78 is 71.9. The van der Waals surface area contributed by atoms with Gasteiger partial charge in [-0.2, -0.15) is 13.2 Å². The number of nitrogens with zero attached hydrogens (tertiary/aromatic N) is 2. The fourth-order valence-corrected chi connectivity index (χ4v) is 4.25. The van der Waals surface area contributed by atoms with Gasteiger partial charge in [0.2, 0.25) is 0 Å². The van der Waals surface area contributed by atoms with Gasteiger partial charge in [-0.15, -0.1) is 0 Å². The molecule has 3 aromatic rings. The van der Waals surface area contributed by atoms with Gasteiger partial charge in [0.1, 0.15) is 4.90 Å². The first-order chi connectivity index (χ1) is 13.7. The second-order valence-electron chi connectivity index (χ2n) is 5.85. The van der Waals surface area contributed by atoms with Crippen LogP contribution in [0.25, 0.3) is 11.3 Å². The maximum atomic E-state index is 13.3. The highest BCUT2D eigenvalue weighted by atomic mass is 32.2. The Kier molecular flexibility index (Phi) is 5.47. The van der Waals surface area contributed by atoms with Gasteiger partial charge in [-0.3, -0.25) is 4.98 Å². The van der Waals surface area contributed by atoms with E-state index in [0.717, 1.165) is 24.5 Å². The maximum Gasteiger partial charge on any atom is 0.434 e. The number of rotatable bonds is 5. The van der Waals surface area contributed by atoms with Gasteiger partial charge in [0.15, 0.2) is 5.69 Å². The minimum Gasteiger partial charge on any atom is -0.462 e. The Morgan fingerprint density at radius 2 is 1.83 bits per heavy atom. The van der Waals surface area contributed by atoms with Gasteiger partial charge in [0.25, 0.3) is 10.0 Å². The molecule has 0 aliphatic carbocycles. The molecule has 1 aromatic carbocycles. The Morgan fingerprint density at radius 3 is 2.45 bits per heavy atom. The molecule has 0 unspecified atom stereocenters. The van der Waals surface area contributed by atoms with Gasteiger partial charge in [-0.1, -0.05) is 30.3 Å². The molecule has 0 saturated carbocycles. The van der Waals surface area contributed by atoms with Crippen molar-refractivity contribution in [2.45, 2.75) is 18.0 Å². The predicted molar refractivity (Wildman–Crippen MR) is 97.6 cm³/mol. The van der Waals surface area contributed by atoms with Crippen LogP contribution in [0.15, 0.2) is 65.8 Å². The number of hydrogen-bond acceptors (Lipinski definition) is 5. The summed E-state index contributed by atoms with van der Waals surface area (Å²) in [6, 6.07) is 11.3. The van der Waals surface area contributed by atoms with E-state index in [0.29, 0.717) is 9.54 Å². The van der Waals surface area contributed by atoms with Crippen molar-refractivity contribution in [2.75, 3.05) is 6.61 Å². The molecule has 2 aromatic heterocycles. The molecule has 0 N–H and O–H groups in total. The lowest BCUT2D eigenvalue weighted by Gasteiger charge is -2.14. The van der Waals surface area contributed by atoms with Crippen molar-refractivity contribution in [3.8, 4) is 11.3 Å². The van der Waals surface area contributed by atoms with E-state index in [-0.39, 0.29) is 17.9 Å². The molecule has 29 heavy (non-hydrogen) atoms. The average molecular weight is 424 g/mol. The van der Waals surface area contributed by atoms with Gasteiger partial charge in [0.05, 0.1) is 17.9 Å². The van der Waals surface area contributed by atoms with E-state index < -0.39 is 32.8 Å². The SMILES string of the molecule is CCOC(=O)c1cc(-c2ccccc2)n(S(=O)(=O)c2cccnc2C(F)(F)F)c1. The highest BCUT2D eigenvalue weighted by molar-refractivity contribution is 7.90. The zero-order chi connectivity index (χ0) is 21.2. The Hall–Kier alpha value is -3.14. The van der Waals surface area contributed by atoms with Crippen molar-refractivity contribution in [3.63, 3.8) is 0 Å². The third-order valence-electron chi connectivity index (χ3n) is 3.94. The van der Waals surface area contributed by atoms with Crippen LogP contribution in [0.2, 0.25) is 0 Å². The first kappa shape index (κ1) is 20.6. The average Bonchev–Trinajstić information content (AvgIpc) is 3.15. The molecular weight excluding hydrogens is 409 g/mol. The molecule has 6 nitrogen and oxygen atoms in total. The molecule has 10 heteroatoms. The molecule has 0 aliphatic rings. The van der Waals surface area contributed by atoms with Crippen LogP contribution in [-0.2, 0) is 20.9 Å². The molecule has 0 atom stereocenters. The summed E-state index contributed by atoms with van der Waals surface area (Å²) in [5.74, 6) is -0.791. The third-order valence-corrected chi connectivity index (χ3v) is 5.65. The summed E-state index contributed by atoms with van der Waals surface area (Å²) in [5, 5.41) is 0. The summed E-state index contributed by atoms with van der Waals surface area (Å²) >= 11 is 0. The largest absolute Gasteiger partial charge is 0.462 e. The molecule has 0 fully saturated rings. The second-order valence-corrected chi connectivity index (χ2v) is 7.63. The zero-order valence-corrected chi connectivity index (χ0v) is 15.9. The van der Waals surface area contributed by atoms with E-state index in [4.69, 9.17) is 4.74 Å². The minimum absolute atomic E-state index is 0.0191. The summed E-state index contributed by atoms with van der Waals surface area (Å²) in [4.78, 5) is 14.3. The number of halogens is 3. The number of esters is 1. The first-order valence-electron chi connectivity index (χ1n) is 8.39. The van der Waals surface area contributed by atoms with E-state index in [2.05, 4.69) is 4.98 Å². The Labute approximate surface area is 164 Å². The predicted octanol–water partition coefficient (Wildman–Crippen LogP) is 3.98. The van der Waals surface area contributed by atoms with Crippen molar-refractivity contribution >= 4 is 16.0 Å². The number of ether oxygens (including phenoxy) is 1. The van der Waals surface area contributed by atoms with Crippen LogP contribution in [0, 0.1) is 0 Å². The summed E-state index contributed by atoms with van der Waals surface area (Å²) in [6.45, 7) is 1.63. The molecular formula is C19H15F3N2O4S. The van der Waals surface area contributed by atoms with Gasteiger partial charge in [-0.05, 0) is 30.7 Å². The first-order valence-corrected chi connectivity index (χ1v) is 9.83. The number of alkyl halides is 3. The van der Waals surface area contributed by atoms with Crippen LogP contribution in [-0.4, -0.2) is 30.0 Å². The Bertz CT molecular complexity index is 1140. The summed E-state index contributed by atoms with van der Waals surface area (Å²) in [7, 11) is -4.73. The standard InChI is InChI=1S/C19H15F3N2O4S/c1-2-28-18(25)14-11-15(13-7-4-3-5-8-13)24(12-14)29(26,27)16-9-6-10-23-17(16)19(20,21)22/h3-12H,2H2,1H3. The molecule has 0 amide bonds. The van der Waals surface area contributed by atoms with Crippen LogP contribution >= 0.6 is 0 Å². The molecule has 0 radical (unpaired) electrons. The number of carbonyl (C=O) groups excluding carboxylic acids is 1. The number of benzene rings is 1. The molecule has 0 aliphatic heterocycles. The van der Waals surface area contributed by atoms with Crippen molar-refractivity contribution in [3.05, 3.63) is 72.2 Å².